The highest BCUT2D eigenvalue weighted by atomic mass is 79.9. The van der Waals surface area contributed by atoms with Crippen molar-refractivity contribution in [3.8, 4) is 11.5 Å². The Hall–Kier alpha value is -2.80. The van der Waals surface area contributed by atoms with Gasteiger partial charge in [-0.25, -0.2) is 9.79 Å². The molecule has 0 bridgehead atoms. The molecule has 0 saturated carbocycles. The third kappa shape index (κ3) is 5.77. The summed E-state index contributed by atoms with van der Waals surface area (Å²) >= 11 is 15.5. The van der Waals surface area contributed by atoms with Gasteiger partial charge in [0.05, 0.1) is 16.7 Å². The molecule has 1 aliphatic rings. The smallest absolute Gasteiger partial charge is 0.363 e. The summed E-state index contributed by atoms with van der Waals surface area (Å²) in [4.78, 5) is 16.7. The summed E-state index contributed by atoms with van der Waals surface area (Å²) in [5.74, 6) is 0.794. The third-order valence-corrected chi connectivity index (χ3v) is 5.87. The van der Waals surface area contributed by atoms with E-state index in [4.69, 9.17) is 37.4 Å². The van der Waals surface area contributed by atoms with E-state index >= 15 is 0 Å². The molecule has 0 aromatic heterocycles. The van der Waals surface area contributed by atoms with Gasteiger partial charge in [0, 0.05) is 10.0 Å². The van der Waals surface area contributed by atoms with Gasteiger partial charge in [0.2, 0.25) is 5.90 Å². The molecule has 3 aromatic rings. The lowest BCUT2D eigenvalue weighted by Gasteiger charge is -2.13. The number of hydrogen-bond donors (Lipinski definition) is 0. The Labute approximate surface area is 209 Å². The van der Waals surface area contributed by atoms with E-state index in [9.17, 15) is 4.79 Å². The fraction of sp³-hybridized carbons (Fsp3) is 0.120. The number of cyclic esters (lactones) is 1. The van der Waals surface area contributed by atoms with Crippen LogP contribution < -0.4 is 9.47 Å². The molecule has 1 aliphatic heterocycles. The minimum atomic E-state index is -0.552. The van der Waals surface area contributed by atoms with Crippen LogP contribution in [0.2, 0.25) is 10.0 Å². The highest BCUT2D eigenvalue weighted by Gasteiger charge is 2.24. The monoisotopic (exact) mass is 545 g/mol. The summed E-state index contributed by atoms with van der Waals surface area (Å²) in [6.45, 7) is 2.75. The van der Waals surface area contributed by atoms with E-state index in [1.165, 1.54) is 0 Å². The van der Waals surface area contributed by atoms with Gasteiger partial charge >= 0.3 is 5.97 Å². The summed E-state index contributed by atoms with van der Waals surface area (Å²) in [5.41, 5.74) is 2.48. The van der Waals surface area contributed by atoms with Crippen molar-refractivity contribution in [2.45, 2.75) is 13.5 Å². The van der Waals surface area contributed by atoms with Crippen molar-refractivity contribution < 1.29 is 19.0 Å². The summed E-state index contributed by atoms with van der Waals surface area (Å²) in [6.07, 6.45) is 1.63. The van der Waals surface area contributed by atoms with E-state index < -0.39 is 5.97 Å². The molecule has 0 unspecified atom stereocenters. The predicted molar refractivity (Wildman–Crippen MR) is 133 cm³/mol. The zero-order chi connectivity index (χ0) is 23.4. The van der Waals surface area contributed by atoms with E-state index in [-0.39, 0.29) is 11.6 Å². The number of nitrogens with zero attached hydrogens (tertiary/aromatic N) is 1. The highest BCUT2D eigenvalue weighted by Crippen LogP contribution is 2.31. The Morgan fingerprint density at radius 3 is 2.61 bits per heavy atom. The summed E-state index contributed by atoms with van der Waals surface area (Å²) in [7, 11) is 0. The average molecular weight is 547 g/mol. The predicted octanol–water partition coefficient (Wildman–Crippen LogP) is 7.08. The molecule has 0 amide bonds. The third-order valence-electron chi connectivity index (χ3n) is 4.64. The summed E-state index contributed by atoms with van der Waals surface area (Å²) in [6, 6.07) is 18.2. The van der Waals surface area contributed by atoms with Crippen LogP contribution in [0.1, 0.15) is 23.6 Å². The number of rotatable bonds is 7. The van der Waals surface area contributed by atoms with Gasteiger partial charge in [0.25, 0.3) is 0 Å². The highest BCUT2D eigenvalue weighted by molar-refractivity contribution is 9.10. The molecule has 0 atom stereocenters. The summed E-state index contributed by atoms with van der Waals surface area (Å²) in [5, 5.41) is 0.761. The lowest BCUT2D eigenvalue weighted by Crippen LogP contribution is -2.05. The molecule has 4 rings (SSSR count). The number of carbonyl (C=O) groups is 1. The lowest BCUT2D eigenvalue weighted by molar-refractivity contribution is -0.129. The van der Waals surface area contributed by atoms with Crippen LogP contribution in [0.25, 0.3) is 6.08 Å². The molecule has 0 spiro atoms. The Kier molecular flexibility index (Phi) is 7.38. The number of esters is 1. The van der Waals surface area contributed by atoms with Crippen LogP contribution in [-0.2, 0) is 16.1 Å². The molecule has 0 N–H and O–H groups in total. The van der Waals surface area contributed by atoms with E-state index in [0.29, 0.717) is 40.3 Å². The van der Waals surface area contributed by atoms with Gasteiger partial charge in [-0.05, 0) is 66.6 Å². The summed E-state index contributed by atoms with van der Waals surface area (Å²) < 4.78 is 18.0. The molecule has 0 fully saturated rings. The second-order valence-corrected chi connectivity index (χ2v) is 8.75. The lowest BCUT2D eigenvalue weighted by atomic mass is 10.1. The van der Waals surface area contributed by atoms with Crippen LogP contribution in [0.5, 0.6) is 11.5 Å². The van der Waals surface area contributed by atoms with Gasteiger partial charge < -0.3 is 14.2 Å². The molecule has 0 aliphatic carbocycles. The van der Waals surface area contributed by atoms with Gasteiger partial charge in [-0.3, -0.25) is 0 Å². The van der Waals surface area contributed by atoms with Gasteiger partial charge in [-0.15, -0.1) is 0 Å². The molecule has 8 heteroatoms. The van der Waals surface area contributed by atoms with Crippen LogP contribution in [0.3, 0.4) is 0 Å². The van der Waals surface area contributed by atoms with Crippen LogP contribution >= 0.6 is 39.1 Å². The number of ether oxygens (including phenoxy) is 3. The Morgan fingerprint density at radius 1 is 1.00 bits per heavy atom. The molecule has 0 saturated heterocycles. The zero-order valence-corrected chi connectivity index (χ0v) is 20.6. The Balaban J connectivity index is 1.56. The molecule has 0 radical (unpaired) electrons. The normalized spacial score (nSPS) is 14.2. The number of carbonyl (C=O) groups excluding carboxylic acids is 1. The van der Waals surface area contributed by atoms with E-state index in [0.717, 1.165) is 15.6 Å². The molecule has 33 heavy (non-hydrogen) atoms. The molecule has 5 nitrogen and oxygen atoms in total. The van der Waals surface area contributed by atoms with Crippen molar-refractivity contribution in [2.75, 3.05) is 6.61 Å². The second-order valence-electron chi connectivity index (χ2n) is 7.02. The van der Waals surface area contributed by atoms with Gasteiger partial charge in [0.15, 0.2) is 17.2 Å². The van der Waals surface area contributed by atoms with E-state index in [2.05, 4.69) is 20.9 Å². The standard InChI is InChI=1S/C25H18BrCl2NO4/c1-2-31-23-12-15(6-9-22(23)32-14-16-4-3-5-18(26)10-16)11-21-25(30)33-24(29-21)17-7-8-19(27)20(28)13-17/h3-13H,2,14H2,1H3/b21-11-. The van der Waals surface area contributed by atoms with Crippen LogP contribution in [-0.4, -0.2) is 18.5 Å². The Morgan fingerprint density at radius 2 is 1.85 bits per heavy atom. The van der Waals surface area contributed by atoms with Gasteiger partial charge in [-0.1, -0.05) is 57.3 Å². The maximum atomic E-state index is 12.4. The number of aliphatic imine (C=N–C) groups is 1. The fourth-order valence-corrected chi connectivity index (χ4v) is 3.85. The molecular weight excluding hydrogens is 529 g/mol. The van der Waals surface area contributed by atoms with Crippen molar-refractivity contribution in [3.05, 3.63) is 97.6 Å². The van der Waals surface area contributed by atoms with Crippen LogP contribution in [0.4, 0.5) is 0 Å². The minimum Gasteiger partial charge on any atom is -0.490 e. The van der Waals surface area contributed by atoms with Crippen molar-refractivity contribution in [1.29, 1.82) is 0 Å². The number of hydrogen-bond acceptors (Lipinski definition) is 5. The van der Waals surface area contributed by atoms with Crippen molar-refractivity contribution in [1.82, 2.24) is 0 Å². The van der Waals surface area contributed by atoms with Gasteiger partial charge in [0.1, 0.15) is 6.61 Å². The second kappa shape index (κ2) is 10.4. The number of halogens is 3. The van der Waals surface area contributed by atoms with Crippen LogP contribution in [0, 0.1) is 0 Å². The van der Waals surface area contributed by atoms with Crippen molar-refractivity contribution in [2.24, 2.45) is 4.99 Å². The van der Waals surface area contributed by atoms with Crippen molar-refractivity contribution >= 4 is 57.1 Å². The molecular formula is C25H18BrCl2NO4. The average Bonchev–Trinajstić information content (AvgIpc) is 3.15. The number of benzene rings is 3. The first-order valence-corrected chi connectivity index (χ1v) is 11.6. The maximum Gasteiger partial charge on any atom is 0.363 e. The first kappa shape index (κ1) is 23.4. The SMILES string of the molecule is CCOc1cc(/C=C2\N=C(c3ccc(Cl)c(Cl)c3)OC2=O)ccc1OCc1cccc(Br)c1. The topological polar surface area (TPSA) is 57.1 Å². The Bertz CT molecular complexity index is 1270. The molecule has 168 valence electrons. The zero-order valence-electron chi connectivity index (χ0n) is 17.5. The van der Waals surface area contributed by atoms with Gasteiger partial charge in [-0.2, -0.15) is 0 Å². The molecule has 3 aromatic carbocycles. The van der Waals surface area contributed by atoms with Crippen molar-refractivity contribution in [3.63, 3.8) is 0 Å². The molecule has 1 heterocycles. The van der Waals surface area contributed by atoms with E-state index in [1.54, 1.807) is 36.4 Å². The maximum absolute atomic E-state index is 12.4. The van der Waals surface area contributed by atoms with E-state index in [1.807, 2.05) is 37.3 Å². The largest absolute Gasteiger partial charge is 0.490 e. The minimum absolute atomic E-state index is 0.168. The fourth-order valence-electron chi connectivity index (χ4n) is 3.11. The van der Waals surface area contributed by atoms with Crippen LogP contribution in [0.15, 0.2) is 75.8 Å². The quantitative estimate of drug-likeness (QED) is 0.235. The first-order chi connectivity index (χ1) is 15.9. The first-order valence-electron chi connectivity index (χ1n) is 10.0.